The second-order valence-corrected chi connectivity index (χ2v) is 9.97. The molecule has 0 atom stereocenters. The number of imidazole rings is 1. The Bertz CT molecular complexity index is 1410. The number of morpholine rings is 1. The third kappa shape index (κ3) is 4.74. The Hall–Kier alpha value is -3.06. The van der Waals surface area contributed by atoms with Crippen LogP contribution in [0.2, 0.25) is 0 Å². The van der Waals surface area contributed by atoms with Crippen LogP contribution in [0.4, 0.5) is 5.82 Å². The second-order valence-electron chi connectivity index (χ2n) is 9.02. The van der Waals surface area contributed by atoms with Crippen molar-refractivity contribution in [3.63, 3.8) is 0 Å². The van der Waals surface area contributed by atoms with Crippen molar-refractivity contribution in [2.45, 2.75) is 6.54 Å². The number of ether oxygens (including phenoxy) is 1. The van der Waals surface area contributed by atoms with Crippen molar-refractivity contribution in [3.05, 3.63) is 42.6 Å². The summed E-state index contributed by atoms with van der Waals surface area (Å²) in [6.45, 7) is 6.72. The molecular weight excluding hydrogens is 468 g/mol. The maximum Gasteiger partial charge on any atom is 0.180 e. The number of hydrogen-bond acceptors (Lipinski definition) is 9. The second kappa shape index (κ2) is 9.53. The first-order chi connectivity index (χ1) is 17.1. The van der Waals surface area contributed by atoms with Crippen molar-refractivity contribution < 1.29 is 13.2 Å². The first-order valence-corrected chi connectivity index (χ1v) is 13.2. The van der Waals surface area contributed by atoms with Gasteiger partial charge in [0.25, 0.3) is 0 Å². The van der Waals surface area contributed by atoms with Gasteiger partial charge in [0.05, 0.1) is 30.5 Å². The zero-order valence-electron chi connectivity index (χ0n) is 19.3. The molecule has 184 valence electrons. The van der Waals surface area contributed by atoms with Gasteiger partial charge >= 0.3 is 0 Å². The van der Waals surface area contributed by atoms with Gasteiger partial charge in [0.2, 0.25) is 0 Å². The van der Waals surface area contributed by atoms with E-state index in [4.69, 9.17) is 14.7 Å². The van der Waals surface area contributed by atoms with Crippen molar-refractivity contribution in [1.29, 1.82) is 0 Å². The number of nitrogens with one attached hydrogen (secondary N) is 1. The van der Waals surface area contributed by atoms with E-state index in [0.29, 0.717) is 19.8 Å². The molecule has 0 aliphatic carbocycles. The highest BCUT2D eigenvalue weighted by Crippen LogP contribution is 2.27. The maximum absolute atomic E-state index is 11.0. The van der Waals surface area contributed by atoms with Gasteiger partial charge in [-0.3, -0.25) is 9.80 Å². The lowest BCUT2D eigenvalue weighted by atomic mass is 10.2. The summed E-state index contributed by atoms with van der Waals surface area (Å²) >= 11 is 0. The van der Waals surface area contributed by atoms with Gasteiger partial charge in [-0.05, 0) is 12.1 Å². The summed E-state index contributed by atoms with van der Waals surface area (Å²) in [5.41, 5.74) is 4.47. The number of rotatable bonds is 6. The molecule has 0 bridgehead atoms. The highest BCUT2D eigenvalue weighted by molar-refractivity contribution is 7.72. The minimum Gasteiger partial charge on any atom is -0.378 e. The number of thiol groups is 1. The predicted molar refractivity (Wildman–Crippen MR) is 133 cm³/mol. The molecule has 6 rings (SSSR count). The first kappa shape index (κ1) is 22.4. The van der Waals surface area contributed by atoms with Crippen molar-refractivity contribution in [2.24, 2.45) is 0 Å². The summed E-state index contributed by atoms with van der Waals surface area (Å²) in [7, 11) is -2.37. The molecule has 4 aromatic heterocycles. The Labute approximate surface area is 204 Å². The van der Waals surface area contributed by atoms with Crippen LogP contribution in [0, 0.1) is 0 Å². The number of piperazine rings is 1. The summed E-state index contributed by atoms with van der Waals surface area (Å²) in [5, 5.41) is 1.05. The van der Waals surface area contributed by atoms with Crippen molar-refractivity contribution in [2.75, 3.05) is 63.3 Å². The van der Waals surface area contributed by atoms with Crippen molar-refractivity contribution in [1.82, 2.24) is 34.1 Å². The van der Waals surface area contributed by atoms with Gasteiger partial charge in [-0.1, -0.05) is 0 Å². The smallest absolute Gasteiger partial charge is 0.180 e. The Kier molecular flexibility index (Phi) is 6.10. The van der Waals surface area contributed by atoms with E-state index in [9.17, 15) is 8.42 Å². The van der Waals surface area contributed by atoms with Crippen LogP contribution < -0.4 is 4.90 Å². The molecule has 0 unspecified atom stereocenters. The number of fused-ring (bicyclic) bond motifs is 2. The zero-order valence-corrected chi connectivity index (χ0v) is 20.2. The van der Waals surface area contributed by atoms with Crippen molar-refractivity contribution >= 4 is 33.2 Å². The molecule has 0 radical (unpaired) electrons. The molecule has 4 aromatic rings. The van der Waals surface area contributed by atoms with Crippen LogP contribution in [0.3, 0.4) is 0 Å². The summed E-state index contributed by atoms with van der Waals surface area (Å²) in [6, 6.07) is 4.11. The SMILES string of the molecule is O=[SH](=O)CN1CCN(Cc2cn3cc(-c4cnc5[nH]ccc5c4)nc(N4CCOCC4)c3n2)CC1. The van der Waals surface area contributed by atoms with E-state index < -0.39 is 10.7 Å². The van der Waals surface area contributed by atoms with E-state index in [1.54, 1.807) is 0 Å². The minimum atomic E-state index is -2.37. The molecule has 35 heavy (non-hydrogen) atoms. The molecule has 6 heterocycles. The molecule has 11 nitrogen and oxygen atoms in total. The van der Waals surface area contributed by atoms with Crippen LogP contribution in [0.5, 0.6) is 0 Å². The number of aromatic amines is 1. The van der Waals surface area contributed by atoms with E-state index in [2.05, 4.69) is 36.4 Å². The number of H-pyrrole nitrogens is 1. The summed E-state index contributed by atoms with van der Waals surface area (Å²) in [5.74, 6) is 0.994. The van der Waals surface area contributed by atoms with E-state index in [1.165, 1.54) is 0 Å². The first-order valence-electron chi connectivity index (χ1n) is 11.8. The fourth-order valence-electron chi connectivity index (χ4n) is 4.80. The fourth-order valence-corrected chi connectivity index (χ4v) is 5.41. The van der Waals surface area contributed by atoms with E-state index in [1.807, 2.05) is 29.6 Å². The van der Waals surface area contributed by atoms with Gasteiger partial charge in [-0.2, -0.15) is 0 Å². The minimum absolute atomic E-state index is 0.137. The van der Waals surface area contributed by atoms with Crippen LogP contribution in [0.1, 0.15) is 5.69 Å². The number of hydrogen-bond donors (Lipinski definition) is 2. The number of pyridine rings is 1. The van der Waals surface area contributed by atoms with Crippen LogP contribution >= 0.6 is 0 Å². The lowest BCUT2D eigenvalue weighted by Gasteiger charge is -2.32. The van der Waals surface area contributed by atoms with E-state index in [-0.39, 0.29) is 5.88 Å². The Morgan fingerprint density at radius 3 is 2.60 bits per heavy atom. The molecule has 0 aromatic carbocycles. The molecular formula is C23H28N8O3S. The monoisotopic (exact) mass is 496 g/mol. The van der Waals surface area contributed by atoms with Crippen LogP contribution in [0.25, 0.3) is 27.9 Å². The Balaban J connectivity index is 1.31. The van der Waals surface area contributed by atoms with Gasteiger partial charge in [0.1, 0.15) is 5.65 Å². The van der Waals surface area contributed by atoms with Gasteiger partial charge in [-0.25, -0.2) is 23.4 Å². The molecule has 1 N–H and O–H groups in total. The average molecular weight is 497 g/mol. The lowest BCUT2D eigenvalue weighted by Crippen LogP contribution is -2.46. The van der Waals surface area contributed by atoms with Crippen LogP contribution in [0.15, 0.2) is 36.9 Å². The maximum atomic E-state index is 11.0. The molecule has 0 spiro atoms. The van der Waals surface area contributed by atoms with Gasteiger partial charge in [-0.15, -0.1) is 0 Å². The Morgan fingerprint density at radius 2 is 1.80 bits per heavy atom. The normalized spacial score (nSPS) is 18.3. The topological polar surface area (TPSA) is 112 Å². The predicted octanol–water partition coefficient (Wildman–Crippen LogP) is 0.796. The van der Waals surface area contributed by atoms with E-state index >= 15 is 0 Å². The average Bonchev–Trinajstić information content (AvgIpc) is 3.50. The third-order valence-electron chi connectivity index (χ3n) is 6.64. The van der Waals surface area contributed by atoms with Crippen LogP contribution in [-0.4, -0.2) is 101 Å². The standard InChI is InChI=1S/C23H28N8O3S/c32-35(33)16-29-5-3-28(4-6-29)13-19-14-31-15-20(18-11-17-1-2-24-21(17)25-12-18)27-23(22(31)26-19)30-7-9-34-10-8-30/h1-2,11-12,14-15,35H,3-10,13,16H2,(H,24,25). The van der Waals surface area contributed by atoms with Gasteiger partial charge in [0.15, 0.2) is 22.2 Å². The lowest BCUT2D eigenvalue weighted by molar-refractivity contribution is 0.122. The number of nitrogens with zero attached hydrogens (tertiary/aromatic N) is 7. The Morgan fingerprint density at radius 1 is 1.00 bits per heavy atom. The molecule has 2 saturated heterocycles. The summed E-state index contributed by atoms with van der Waals surface area (Å²) < 4.78 is 29.7. The fraction of sp³-hybridized carbons (Fsp3) is 0.435. The van der Waals surface area contributed by atoms with Gasteiger partial charge < -0.3 is 19.0 Å². The molecule has 2 aliphatic heterocycles. The number of anilines is 1. The molecule has 2 aliphatic rings. The summed E-state index contributed by atoms with van der Waals surface area (Å²) in [4.78, 5) is 24.2. The number of aromatic nitrogens is 5. The zero-order chi connectivity index (χ0) is 23.8. The molecule has 12 heteroatoms. The molecule has 2 fully saturated rings. The molecule has 0 saturated carbocycles. The van der Waals surface area contributed by atoms with Crippen molar-refractivity contribution in [3.8, 4) is 11.3 Å². The largest absolute Gasteiger partial charge is 0.378 e. The van der Waals surface area contributed by atoms with Gasteiger partial charge in [0, 0.05) is 81.6 Å². The third-order valence-corrected chi connectivity index (χ3v) is 7.27. The molecule has 0 amide bonds. The highest BCUT2D eigenvalue weighted by atomic mass is 32.2. The summed E-state index contributed by atoms with van der Waals surface area (Å²) in [6.07, 6.45) is 7.84. The van der Waals surface area contributed by atoms with Crippen LogP contribution in [-0.2, 0) is 22.0 Å². The highest BCUT2D eigenvalue weighted by Gasteiger charge is 2.22. The van der Waals surface area contributed by atoms with E-state index in [0.717, 1.165) is 78.7 Å². The quantitative estimate of drug-likeness (QED) is 0.374.